The summed E-state index contributed by atoms with van der Waals surface area (Å²) < 4.78 is 23.3. The molecule has 19 heavy (non-hydrogen) atoms. The fourth-order valence-electron chi connectivity index (χ4n) is 2.89. The van der Waals surface area contributed by atoms with Gasteiger partial charge in [0.05, 0.1) is 18.1 Å². The normalized spacial score (nSPS) is 36.2. The lowest BCUT2D eigenvalue weighted by Gasteiger charge is -2.29. The highest BCUT2D eigenvalue weighted by atomic mass is 32.2. The fraction of sp³-hybridized carbons (Fsp3) is 0.909. The van der Waals surface area contributed by atoms with Crippen LogP contribution in [0.4, 0.5) is 4.39 Å². The van der Waals surface area contributed by atoms with Crippen LogP contribution in [0.1, 0.15) is 32.6 Å². The van der Waals surface area contributed by atoms with Gasteiger partial charge in [0.15, 0.2) is 0 Å². The Hall–Kier alpha value is -0.410. The molecule has 0 saturated heterocycles. The van der Waals surface area contributed by atoms with Crippen LogP contribution < -0.4 is 0 Å². The van der Waals surface area contributed by atoms with Crippen molar-refractivity contribution in [3.05, 3.63) is 0 Å². The minimum atomic E-state index is -2.47. The molecule has 110 valence electrons. The molecule has 2 N–H and O–H groups in total. The van der Waals surface area contributed by atoms with Gasteiger partial charge in [-0.15, -0.1) is 4.33 Å². The molecular weight excluding hydrogens is 279 g/mol. The number of carbonyl (C=O) groups is 1. The fourth-order valence-corrected chi connectivity index (χ4v) is 3.26. The van der Waals surface area contributed by atoms with E-state index in [9.17, 15) is 14.3 Å². The van der Waals surface area contributed by atoms with E-state index in [-0.39, 0.29) is 30.3 Å². The van der Waals surface area contributed by atoms with Gasteiger partial charge in [0.1, 0.15) is 6.10 Å². The van der Waals surface area contributed by atoms with Gasteiger partial charge in [-0.25, -0.2) is 14.4 Å². The minimum absolute atomic E-state index is 0.0415. The summed E-state index contributed by atoms with van der Waals surface area (Å²) in [4.78, 5) is 11.8. The lowest BCUT2D eigenvalue weighted by molar-refractivity contribution is -0.432. The first-order valence-corrected chi connectivity index (χ1v) is 7.00. The van der Waals surface area contributed by atoms with Gasteiger partial charge >= 0.3 is 5.97 Å². The van der Waals surface area contributed by atoms with Crippen LogP contribution in [-0.4, -0.2) is 33.5 Å². The van der Waals surface area contributed by atoms with Crippen LogP contribution in [0.25, 0.3) is 0 Å². The Morgan fingerprint density at radius 1 is 1.47 bits per heavy atom. The number of halogens is 1. The van der Waals surface area contributed by atoms with Crippen molar-refractivity contribution in [1.29, 1.82) is 0 Å². The summed E-state index contributed by atoms with van der Waals surface area (Å²) >= 11 is 0.0415. The molecule has 0 amide bonds. The summed E-state index contributed by atoms with van der Waals surface area (Å²) in [6, 6.07) is 0. The van der Waals surface area contributed by atoms with Crippen LogP contribution in [0.5, 0.6) is 0 Å². The SMILES string of the molecule is CCC(F)(SOOO)C(=O)OC1C2CCC(C2)C1O. The average Bonchev–Trinajstić information content (AvgIpc) is 2.99. The maximum absolute atomic E-state index is 14.2. The van der Waals surface area contributed by atoms with Gasteiger partial charge in [-0.3, -0.25) is 0 Å². The van der Waals surface area contributed by atoms with Crippen molar-refractivity contribution in [3.8, 4) is 0 Å². The first-order valence-electron chi connectivity index (χ1n) is 6.25. The lowest BCUT2D eigenvalue weighted by atomic mass is 9.95. The van der Waals surface area contributed by atoms with Crippen molar-refractivity contribution >= 4 is 18.0 Å². The van der Waals surface area contributed by atoms with Gasteiger partial charge in [0.2, 0.25) is 0 Å². The average molecular weight is 296 g/mol. The van der Waals surface area contributed by atoms with Crippen LogP contribution >= 0.6 is 12.0 Å². The number of esters is 1. The standard InChI is InChI=1S/C11H17FO6S/c1-2-11(12,19-18-17-15)10(14)16-9-7-4-3-6(5-7)8(9)13/h6-9,13,15H,2-5H2,1H3. The number of aliphatic hydroxyl groups excluding tert-OH is 1. The second-order valence-electron chi connectivity index (χ2n) is 5.00. The van der Waals surface area contributed by atoms with Crippen molar-refractivity contribution in [1.82, 2.24) is 0 Å². The van der Waals surface area contributed by atoms with E-state index in [1.165, 1.54) is 6.92 Å². The Morgan fingerprint density at radius 3 is 2.68 bits per heavy atom. The summed E-state index contributed by atoms with van der Waals surface area (Å²) in [5.41, 5.74) is 0. The number of ether oxygens (including phenoxy) is 1. The maximum Gasteiger partial charge on any atom is 0.357 e. The summed E-state index contributed by atoms with van der Waals surface area (Å²) in [6.07, 6.45) is 1.04. The van der Waals surface area contributed by atoms with Crippen molar-refractivity contribution < 1.29 is 33.7 Å². The number of alkyl halides is 1. The second-order valence-corrected chi connectivity index (χ2v) is 5.95. The molecule has 5 atom stereocenters. The topological polar surface area (TPSA) is 85.2 Å². The van der Waals surface area contributed by atoms with E-state index in [0.29, 0.717) is 0 Å². The molecule has 0 aromatic carbocycles. The van der Waals surface area contributed by atoms with Gasteiger partial charge in [-0.1, -0.05) is 12.0 Å². The van der Waals surface area contributed by atoms with E-state index in [0.717, 1.165) is 19.3 Å². The molecule has 0 spiro atoms. The van der Waals surface area contributed by atoms with Crippen LogP contribution in [0.15, 0.2) is 0 Å². The predicted molar refractivity (Wildman–Crippen MR) is 63.2 cm³/mol. The molecule has 2 fully saturated rings. The summed E-state index contributed by atoms with van der Waals surface area (Å²) in [5.74, 6) is -0.873. The van der Waals surface area contributed by atoms with E-state index >= 15 is 0 Å². The van der Waals surface area contributed by atoms with Gasteiger partial charge in [0.25, 0.3) is 5.00 Å². The van der Waals surface area contributed by atoms with E-state index in [2.05, 4.69) is 9.37 Å². The molecule has 2 saturated carbocycles. The molecule has 8 heteroatoms. The number of hydrogen-bond acceptors (Lipinski definition) is 7. The number of carbonyl (C=O) groups excluding carboxylic acids is 1. The molecule has 0 radical (unpaired) electrons. The van der Waals surface area contributed by atoms with Gasteiger partial charge < -0.3 is 9.84 Å². The molecule has 5 unspecified atom stereocenters. The Balaban J connectivity index is 1.96. The molecule has 2 rings (SSSR count). The van der Waals surface area contributed by atoms with E-state index < -0.39 is 23.2 Å². The van der Waals surface area contributed by atoms with Gasteiger partial charge in [0, 0.05) is 6.42 Å². The third-order valence-electron chi connectivity index (χ3n) is 4.00. The number of aliphatic hydroxyl groups is 1. The third kappa shape index (κ3) is 2.87. The first-order chi connectivity index (χ1) is 9.01. The molecular formula is C11H17FO6S. The zero-order valence-corrected chi connectivity index (χ0v) is 11.3. The monoisotopic (exact) mass is 296 g/mol. The van der Waals surface area contributed by atoms with Crippen molar-refractivity contribution in [2.45, 2.75) is 49.8 Å². The molecule has 6 nitrogen and oxygen atoms in total. The molecule has 0 aliphatic heterocycles. The minimum Gasteiger partial charge on any atom is -0.456 e. The highest BCUT2D eigenvalue weighted by Crippen LogP contribution is 2.47. The maximum atomic E-state index is 14.2. The predicted octanol–water partition coefficient (Wildman–Crippen LogP) is 1.83. The largest absolute Gasteiger partial charge is 0.456 e. The molecule has 2 bridgehead atoms. The molecule has 0 aromatic rings. The van der Waals surface area contributed by atoms with E-state index in [4.69, 9.17) is 9.99 Å². The number of rotatable bonds is 6. The van der Waals surface area contributed by atoms with E-state index in [1.807, 2.05) is 0 Å². The van der Waals surface area contributed by atoms with Crippen LogP contribution in [0.3, 0.4) is 0 Å². The molecule has 2 aliphatic carbocycles. The van der Waals surface area contributed by atoms with Gasteiger partial charge in [-0.05, 0) is 31.1 Å². The highest BCUT2D eigenvalue weighted by molar-refractivity contribution is 7.96. The number of fused-ring (bicyclic) bond motifs is 2. The number of hydrogen-bond donors (Lipinski definition) is 2. The van der Waals surface area contributed by atoms with Crippen molar-refractivity contribution in [3.63, 3.8) is 0 Å². The van der Waals surface area contributed by atoms with Crippen LogP contribution in [0, 0.1) is 11.8 Å². The summed E-state index contributed by atoms with van der Waals surface area (Å²) in [6.45, 7) is 1.44. The molecule has 2 aliphatic rings. The van der Waals surface area contributed by atoms with Crippen LogP contribution in [-0.2, 0) is 18.9 Å². The quantitative estimate of drug-likeness (QED) is 0.335. The highest BCUT2D eigenvalue weighted by Gasteiger charge is 2.52. The Morgan fingerprint density at radius 2 is 2.16 bits per heavy atom. The third-order valence-corrected chi connectivity index (χ3v) is 4.85. The Bertz CT molecular complexity index is 341. The summed E-state index contributed by atoms with van der Waals surface area (Å²) in [5, 5.41) is 18.8. The smallest absolute Gasteiger partial charge is 0.357 e. The van der Waals surface area contributed by atoms with Crippen LogP contribution in [0.2, 0.25) is 0 Å². The molecule has 0 heterocycles. The Kier molecular flexibility index (Phi) is 4.67. The Labute approximate surface area is 114 Å². The zero-order chi connectivity index (χ0) is 14.0. The van der Waals surface area contributed by atoms with Crippen molar-refractivity contribution in [2.75, 3.05) is 0 Å². The molecule has 0 aromatic heterocycles. The van der Waals surface area contributed by atoms with Gasteiger partial charge in [-0.2, -0.15) is 0 Å². The second kappa shape index (κ2) is 5.92. The first kappa shape index (κ1) is 15.0. The zero-order valence-electron chi connectivity index (χ0n) is 10.5. The lowest BCUT2D eigenvalue weighted by Crippen LogP contribution is -2.41. The summed E-state index contributed by atoms with van der Waals surface area (Å²) in [7, 11) is 0. The van der Waals surface area contributed by atoms with E-state index in [1.54, 1.807) is 0 Å². The van der Waals surface area contributed by atoms with Crippen molar-refractivity contribution in [2.24, 2.45) is 11.8 Å².